The second kappa shape index (κ2) is 14.3. The first kappa shape index (κ1) is 32.4. The lowest BCUT2D eigenvalue weighted by molar-refractivity contribution is -0.140. The summed E-state index contributed by atoms with van der Waals surface area (Å²) in [6.07, 6.45) is 4.14. The van der Waals surface area contributed by atoms with Gasteiger partial charge in [0.05, 0.1) is 20.6 Å². The van der Waals surface area contributed by atoms with Crippen molar-refractivity contribution >= 4 is 73.9 Å². The number of amides is 2. The zero-order valence-electron chi connectivity index (χ0n) is 22.9. The Hall–Kier alpha value is -2.49. The Morgan fingerprint density at radius 1 is 0.905 bits per heavy atom. The van der Waals surface area contributed by atoms with Crippen molar-refractivity contribution in [1.82, 2.24) is 10.2 Å². The van der Waals surface area contributed by atoms with Gasteiger partial charge >= 0.3 is 0 Å². The van der Waals surface area contributed by atoms with Crippen molar-refractivity contribution in [1.29, 1.82) is 0 Å². The molecule has 12 heteroatoms. The molecule has 0 aromatic heterocycles. The van der Waals surface area contributed by atoms with Crippen molar-refractivity contribution < 1.29 is 18.0 Å². The van der Waals surface area contributed by atoms with Crippen LogP contribution in [0.5, 0.6) is 0 Å². The number of benzene rings is 3. The van der Waals surface area contributed by atoms with E-state index >= 15 is 0 Å². The number of rotatable bonds is 11. The number of hydrogen-bond donors (Lipinski definition) is 1. The maximum absolute atomic E-state index is 14.2. The summed E-state index contributed by atoms with van der Waals surface area (Å²) in [5, 5.41) is 4.40. The molecular weight excluding hydrogens is 640 g/mol. The molecule has 0 heterocycles. The second-order valence-electron chi connectivity index (χ2n) is 10.1. The third-order valence-electron chi connectivity index (χ3n) is 7.20. The Morgan fingerprint density at radius 3 is 2.21 bits per heavy atom. The minimum Gasteiger partial charge on any atom is -0.352 e. The lowest BCUT2D eigenvalue weighted by atomic mass is 10.1. The van der Waals surface area contributed by atoms with Crippen molar-refractivity contribution in [3.05, 3.63) is 92.4 Å². The number of carbonyl (C=O) groups is 2. The standard InChI is InChI=1S/C30H31Cl4N3O4S/c1-2-28(30(39)35-23-7-3-4-8-23)36(18-20-10-15-26(33)27(34)16-20)29(38)19-37(24-9-5-6-22(32)17-24)42(40,41)25-13-11-21(31)12-14-25/h5-6,9-17,23,28H,2-4,7-8,18-19H2,1H3,(H,35,39). The molecule has 1 saturated carbocycles. The smallest absolute Gasteiger partial charge is 0.264 e. The van der Waals surface area contributed by atoms with E-state index in [9.17, 15) is 18.0 Å². The van der Waals surface area contributed by atoms with Gasteiger partial charge in [-0.3, -0.25) is 13.9 Å². The normalized spacial score (nSPS) is 14.4. The zero-order chi connectivity index (χ0) is 30.4. The van der Waals surface area contributed by atoms with Gasteiger partial charge in [0.25, 0.3) is 10.0 Å². The molecule has 0 saturated heterocycles. The molecule has 224 valence electrons. The first-order chi connectivity index (χ1) is 20.0. The number of halogens is 4. The summed E-state index contributed by atoms with van der Waals surface area (Å²) in [5.41, 5.74) is 0.837. The Kier molecular flexibility index (Phi) is 11.1. The fraction of sp³-hybridized carbons (Fsp3) is 0.333. The molecule has 3 aromatic carbocycles. The van der Waals surface area contributed by atoms with E-state index in [0.717, 1.165) is 30.0 Å². The molecule has 42 heavy (non-hydrogen) atoms. The molecule has 2 amide bonds. The molecule has 4 rings (SSSR count). The van der Waals surface area contributed by atoms with Gasteiger partial charge < -0.3 is 10.2 Å². The van der Waals surface area contributed by atoms with E-state index in [0.29, 0.717) is 32.1 Å². The van der Waals surface area contributed by atoms with E-state index in [4.69, 9.17) is 46.4 Å². The predicted molar refractivity (Wildman–Crippen MR) is 169 cm³/mol. The molecule has 7 nitrogen and oxygen atoms in total. The lowest BCUT2D eigenvalue weighted by Gasteiger charge is -2.34. The molecule has 1 atom stereocenters. The molecular formula is C30H31Cl4N3O4S. The molecule has 1 aliphatic carbocycles. The minimum absolute atomic E-state index is 0.0106. The zero-order valence-corrected chi connectivity index (χ0v) is 26.7. The van der Waals surface area contributed by atoms with Crippen molar-refractivity contribution in [2.75, 3.05) is 10.8 Å². The van der Waals surface area contributed by atoms with E-state index in [2.05, 4.69) is 5.32 Å². The summed E-state index contributed by atoms with van der Waals surface area (Å²) in [7, 11) is -4.24. The SMILES string of the molecule is CCC(C(=O)NC1CCCC1)N(Cc1ccc(Cl)c(Cl)c1)C(=O)CN(c1cccc(Cl)c1)S(=O)(=O)c1ccc(Cl)cc1. The number of sulfonamides is 1. The first-order valence-corrected chi connectivity index (χ1v) is 16.5. The van der Waals surface area contributed by atoms with Crippen LogP contribution < -0.4 is 9.62 Å². The summed E-state index contributed by atoms with van der Waals surface area (Å²) < 4.78 is 28.8. The highest BCUT2D eigenvalue weighted by Crippen LogP contribution is 2.29. The van der Waals surface area contributed by atoms with Crippen LogP contribution in [0.1, 0.15) is 44.6 Å². The third kappa shape index (κ3) is 7.91. The Labute approximate surface area is 266 Å². The fourth-order valence-electron chi connectivity index (χ4n) is 5.02. The van der Waals surface area contributed by atoms with E-state index in [1.165, 1.54) is 35.2 Å². The van der Waals surface area contributed by atoms with Crippen LogP contribution in [0.25, 0.3) is 0 Å². The van der Waals surface area contributed by atoms with Gasteiger partial charge in [-0.15, -0.1) is 0 Å². The molecule has 0 radical (unpaired) electrons. The molecule has 0 aliphatic heterocycles. The van der Waals surface area contributed by atoms with Crippen LogP contribution >= 0.6 is 46.4 Å². The Morgan fingerprint density at radius 2 is 1.60 bits per heavy atom. The fourth-order valence-corrected chi connectivity index (χ4v) is 7.05. The molecule has 1 unspecified atom stereocenters. The molecule has 0 spiro atoms. The monoisotopic (exact) mass is 669 g/mol. The van der Waals surface area contributed by atoms with Crippen LogP contribution in [0.2, 0.25) is 20.1 Å². The number of nitrogens with zero attached hydrogens (tertiary/aromatic N) is 2. The van der Waals surface area contributed by atoms with Crippen molar-refractivity contribution in [3.8, 4) is 0 Å². The average molecular weight is 671 g/mol. The molecule has 0 bridgehead atoms. The molecule has 3 aromatic rings. The second-order valence-corrected chi connectivity index (χ2v) is 13.7. The third-order valence-corrected chi connectivity index (χ3v) is 10.2. The predicted octanol–water partition coefficient (Wildman–Crippen LogP) is 7.36. The van der Waals surface area contributed by atoms with Gasteiger partial charge in [-0.1, -0.05) is 78.3 Å². The molecule has 1 aliphatic rings. The molecule has 1 N–H and O–H groups in total. The van der Waals surface area contributed by atoms with Gasteiger partial charge in [0.1, 0.15) is 12.6 Å². The van der Waals surface area contributed by atoms with Crippen LogP contribution in [0.4, 0.5) is 5.69 Å². The highest BCUT2D eigenvalue weighted by Gasteiger charge is 2.34. The van der Waals surface area contributed by atoms with Gasteiger partial charge in [-0.2, -0.15) is 0 Å². The summed E-state index contributed by atoms with van der Waals surface area (Å²) in [4.78, 5) is 29.0. The van der Waals surface area contributed by atoms with Gasteiger partial charge in [-0.05, 0) is 79.4 Å². The van der Waals surface area contributed by atoms with E-state index in [1.807, 2.05) is 6.92 Å². The van der Waals surface area contributed by atoms with E-state index < -0.39 is 28.5 Å². The largest absolute Gasteiger partial charge is 0.352 e. The van der Waals surface area contributed by atoms with Gasteiger partial charge in [0.2, 0.25) is 11.8 Å². The maximum atomic E-state index is 14.2. The van der Waals surface area contributed by atoms with E-state index in [-0.39, 0.29) is 29.1 Å². The Balaban J connectivity index is 1.73. The van der Waals surface area contributed by atoms with Crippen molar-refractivity contribution in [2.45, 2.75) is 62.6 Å². The highest BCUT2D eigenvalue weighted by atomic mass is 35.5. The van der Waals surface area contributed by atoms with Crippen LogP contribution in [-0.4, -0.2) is 43.8 Å². The van der Waals surface area contributed by atoms with Crippen LogP contribution in [0, 0.1) is 0 Å². The topological polar surface area (TPSA) is 86.8 Å². The minimum atomic E-state index is -4.24. The van der Waals surface area contributed by atoms with Gasteiger partial charge in [0.15, 0.2) is 0 Å². The van der Waals surface area contributed by atoms with E-state index in [1.54, 1.807) is 36.4 Å². The average Bonchev–Trinajstić information content (AvgIpc) is 3.46. The lowest BCUT2D eigenvalue weighted by Crippen LogP contribution is -2.53. The number of carbonyl (C=O) groups excluding carboxylic acids is 2. The van der Waals surface area contributed by atoms with Gasteiger partial charge in [0, 0.05) is 22.6 Å². The number of hydrogen-bond acceptors (Lipinski definition) is 4. The van der Waals surface area contributed by atoms with Crippen LogP contribution in [0.3, 0.4) is 0 Å². The van der Waals surface area contributed by atoms with Gasteiger partial charge in [-0.25, -0.2) is 8.42 Å². The Bertz CT molecular complexity index is 1530. The number of nitrogens with one attached hydrogen (secondary N) is 1. The first-order valence-electron chi connectivity index (χ1n) is 13.6. The van der Waals surface area contributed by atoms with Crippen LogP contribution in [-0.2, 0) is 26.2 Å². The highest BCUT2D eigenvalue weighted by molar-refractivity contribution is 7.92. The summed E-state index contributed by atoms with van der Waals surface area (Å²) in [5.74, 6) is -0.861. The number of anilines is 1. The summed E-state index contributed by atoms with van der Waals surface area (Å²) in [6.45, 7) is 1.24. The van der Waals surface area contributed by atoms with Crippen molar-refractivity contribution in [2.24, 2.45) is 0 Å². The maximum Gasteiger partial charge on any atom is 0.264 e. The summed E-state index contributed by atoms with van der Waals surface area (Å²) in [6, 6.07) is 16.1. The van der Waals surface area contributed by atoms with Crippen LogP contribution in [0.15, 0.2) is 71.6 Å². The molecule has 1 fully saturated rings. The van der Waals surface area contributed by atoms with Crippen molar-refractivity contribution in [3.63, 3.8) is 0 Å². The quantitative estimate of drug-likeness (QED) is 0.231. The summed E-state index contributed by atoms with van der Waals surface area (Å²) >= 11 is 24.6.